The monoisotopic (exact) mass is 348 g/mol. The Morgan fingerprint density at radius 2 is 2.14 bits per heavy atom. The summed E-state index contributed by atoms with van der Waals surface area (Å²) in [6.07, 6.45) is 1.78. The molecule has 1 aromatic carbocycles. The van der Waals surface area contributed by atoms with E-state index in [1.54, 1.807) is 6.07 Å². The van der Waals surface area contributed by atoms with E-state index in [9.17, 15) is 13.2 Å². The van der Waals surface area contributed by atoms with Crippen molar-refractivity contribution in [2.75, 3.05) is 27.2 Å². The highest BCUT2D eigenvalue weighted by atomic mass is 35.5. The van der Waals surface area contributed by atoms with Crippen molar-refractivity contribution in [2.45, 2.75) is 23.8 Å². The fourth-order valence-corrected chi connectivity index (χ4v) is 4.02. The van der Waals surface area contributed by atoms with Crippen LogP contribution in [0, 0.1) is 0 Å². The number of hydrogen-bond acceptors (Lipinski definition) is 5. The molecule has 0 bridgehead atoms. The van der Waals surface area contributed by atoms with Crippen molar-refractivity contribution >= 4 is 28.4 Å². The zero-order chi connectivity index (χ0) is 15.5. The molecule has 1 N–H and O–H groups in total. The first-order valence-corrected chi connectivity index (χ1v) is 8.29. The molecule has 0 saturated carbocycles. The Bertz CT molecular complexity index is 621. The Kier molecular flexibility index (Phi) is 6.80. The minimum Gasteiger partial charge on any atom is -0.465 e. The van der Waals surface area contributed by atoms with Crippen LogP contribution in [-0.4, -0.2) is 52.0 Å². The van der Waals surface area contributed by atoms with Crippen molar-refractivity contribution in [3.05, 3.63) is 29.8 Å². The normalized spacial score (nSPS) is 19.3. The zero-order valence-corrected chi connectivity index (χ0v) is 14.2. The van der Waals surface area contributed by atoms with Gasteiger partial charge in [-0.3, -0.25) is 0 Å². The molecule has 0 spiro atoms. The third-order valence-electron chi connectivity index (χ3n) is 3.69. The van der Waals surface area contributed by atoms with Gasteiger partial charge < -0.3 is 10.1 Å². The Morgan fingerprint density at radius 1 is 1.41 bits per heavy atom. The summed E-state index contributed by atoms with van der Waals surface area (Å²) in [5.41, 5.74) is 0.237. The number of methoxy groups -OCH3 is 1. The van der Waals surface area contributed by atoms with E-state index in [4.69, 9.17) is 0 Å². The van der Waals surface area contributed by atoms with Gasteiger partial charge in [0.15, 0.2) is 0 Å². The maximum atomic E-state index is 12.7. The molecule has 0 radical (unpaired) electrons. The molecule has 6 nitrogen and oxygen atoms in total. The average molecular weight is 349 g/mol. The highest BCUT2D eigenvalue weighted by molar-refractivity contribution is 7.89. The lowest BCUT2D eigenvalue weighted by Crippen LogP contribution is -2.46. The van der Waals surface area contributed by atoms with Crippen molar-refractivity contribution < 1.29 is 17.9 Å². The standard InChI is InChI=1S/C14H20N2O4S.ClH/c1-15-12-6-4-8-16(10-12)21(18,19)13-7-3-5-11(9-13)14(17)20-2;/h3,5,7,9,12,15H,4,6,8,10H2,1-2H3;1H. The first-order chi connectivity index (χ1) is 9.98. The van der Waals surface area contributed by atoms with Crippen molar-refractivity contribution in [3.8, 4) is 0 Å². The number of carbonyl (C=O) groups excluding carboxylic acids is 1. The van der Waals surface area contributed by atoms with Crippen LogP contribution in [0.2, 0.25) is 0 Å². The van der Waals surface area contributed by atoms with Crippen molar-refractivity contribution in [1.82, 2.24) is 9.62 Å². The summed E-state index contributed by atoms with van der Waals surface area (Å²) in [7, 11) is -0.482. The molecule has 22 heavy (non-hydrogen) atoms. The van der Waals surface area contributed by atoms with Crippen LogP contribution in [0.3, 0.4) is 0 Å². The number of ether oxygens (including phenoxy) is 1. The van der Waals surface area contributed by atoms with Gasteiger partial charge in [0.25, 0.3) is 0 Å². The van der Waals surface area contributed by atoms with Gasteiger partial charge in [-0.05, 0) is 38.1 Å². The highest BCUT2D eigenvalue weighted by Crippen LogP contribution is 2.21. The third kappa shape index (κ3) is 3.98. The summed E-state index contributed by atoms with van der Waals surface area (Å²) < 4.78 is 31.4. The van der Waals surface area contributed by atoms with Crippen LogP contribution in [0.15, 0.2) is 29.2 Å². The van der Waals surface area contributed by atoms with Gasteiger partial charge in [0.1, 0.15) is 0 Å². The van der Waals surface area contributed by atoms with E-state index in [0.717, 1.165) is 12.8 Å². The number of benzene rings is 1. The molecule has 0 aliphatic carbocycles. The molecule has 124 valence electrons. The summed E-state index contributed by atoms with van der Waals surface area (Å²) in [4.78, 5) is 11.7. The van der Waals surface area contributed by atoms with E-state index >= 15 is 0 Å². The molecular weight excluding hydrogens is 328 g/mol. The fourth-order valence-electron chi connectivity index (χ4n) is 2.45. The maximum Gasteiger partial charge on any atom is 0.337 e. The molecule has 1 aliphatic rings. The minimum absolute atomic E-state index is 0. The predicted molar refractivity (Wildman–Crippen MR) is 85.9 cm³/mol. The number of nitrogens with one attached hydrogen (secondary N) is 1. The molecule has 1 aromatic rings. The first kappa shape index (κ1) is 18.9. The lowest BCUT2D eigenvalue weighted by molar-refractivity contribution is 0.0600. The molecule has 1 unspecified atom stereocenters. The van der Waals surface area contributed by atoms with Gasteiger partial charge in [0.05, 0.1) is 17.6 Å². The highest BCUT2D eigenvalue weighted by Gasteiger charge is 2.30. The van der Waals surface area contributed by atoms with Crippen LogP contribution in [0.4, 0.5) is 0 Å². The second-order valence-electron chi connectivity index (χ2n) is 5.01. The van der Waals surface area contributed by atoms with Crippen LogP contribution in [-0.2, 0) is 14.8 Å². The van der Waals surface area contributed by atoms with Crippen molar-refractivity contribution in [3.63, 3.8) is 0 Å². The smallest absolute Gasteiger partial charge is 0.337 e. The SMILES string of the molecule is CNC1CCCN(S(=O)(=O)c2cccc(C(=O)OC)c2)C1.Cl. The number of nitrogens with zero attached hydrogens (tertiary/aromatic N) is 1. The number of rotatable bonds is 4. The number of halogens is 1. The summed E-state index contributed by atoms with van der Waals surface area (Å²) in [5, 5.41) is 3.12. The van der Waals surface area contributed by atoms with Crippen LogP contribution >= 0.6 is 12.4 Å². The number of sulfonamides is 1. The van der Waals surface area contributed by atoms with Crippen molar-refractivity contribution in [1.29, 1.82) is 0 Å². The van der Waals surface area contributed by atoms with Crippen LogP contribution in [0.1, 0.15) is 23.2 Å². The van der Waals surface area contributed by atoms with Gasteiger partial charge in [-0.25, -0.2) is 13.2 Å². The molecular formula is C14H21ClN2O4S. The Hall–Kier alpha value is -1.15. The van der Waals surface area contributed by atoms with Gasteiger partial charge in [-0.1, -0.05) is 6.07 Å². The number of esters is 1. The quantitative estimate of drug-likeness (QED) is 0.829. The first-order valence-electron chi connectivity index (χ1n) is 6.85. The van der Waals surface area contributed by atoms with E-state index in [-0.39, 0.29) is 28.9 Å². The molecule has 1 heterocycles. The van der Waals surface area contributed by atoms with Crippen molar-refractivity contribution in [2.24, 2.45) is 0 Å². The molecule has 0 amide bonds. The molecule has 0 aromatic heterocycles. The largest absolute Gasteiger partial charge is 0.465 e. The van der Waals surface area contributed by atoms with E-state index in [1.165, 1.54) is 29.6 Å². The van der Waals surface area contributed by atoms with Gasteiger partial charge >= 0.3 is 5.97 Å². The average Bonchev–Trinajstić information content (AvgIpc) is 2.54. The van der Waals surface area contributed by atoms with Crippen LogP contribution in [0.25, 0.3) is 0 Å². The van der Waals surface area contributed by atoms with Gasteiger partial charge in [-0.2, -0.15) is 4.31 Å². The maximum absolute atomic E-state index is 12.7. The Balaban J connectivity index is 0.00000242. The summed E-state index contributed by atoms with van der Waals surface area (Å²) in [6.45, 7) is 0.949. The summed E-state index contributed by atoms with van der Waals surface area (Å²) >= 11 is 0. The van der Waals surface area contributed by atoms with E-state index in [0.29, 0.717) is 13.1 Å². The number of piperidine rings is 1. The molecule has 1 fully saturated rings. The predicted octanol–water partition coefficient (Wildman–Crippen LogP) is 1.27. The molecule has 8 heteroatoms. The molecule has 1 saturated heterocycles. The molecule has 1 aliphatic heterocycles. The van der Waals surface area contributed by atoms with Gasteiger partial charge in [-0.15, -0.1) is 12.4 Å². The van der Waals surface area contributed by atoms with Crippen LogP contribution < -0.4 is 5.32 Å². The molecule has 1 atom stereocenters. The summed E-state index contributed by atoms with van der Waals surface area (Å²) in [6, 6.07) is 6.13. The third-order valence-corrected chi connectivity index (χ3v) is 5.55. The van der Waals surface area contributed by atoms with Gasteiger partial charge in [0, 0.05) is 19.1 Å². The van der Waals surface area contributed by atoms with E-state index < -0.39 is 16.0 Å². The summed E-state index contributed by atoms with van der Waals surface area (Å²) in [5.74, 6) is -0.543. The Morgan fingerprint density at radius 3 is 2.77 bits per heavy atom. The second-order valence-corrected chi connectivity index (χ2v) is 6.95. The minimum atomic E-state index is -3.58. The molecule has 2 rings (SSSR count). The topological polar surface area (TPSA) is 75.7 Å². The second kappa shape index (κ2) is 7.92. The van der Waals surface area contributed by atoms with Gasteiger partial charge in [0.2, 0.25) is 10.0 Å². The van der Waals surface area contributed by atoms with Crippen LogP contribution in [0.5, 0.6) is 0 Å². The lowest BCUT2D eigenvalue weighted by Gasteiger charge is -2.31. The van der Waals surface area contributed by atoms with E-state index in [2.05, 4.69) is 10.1 Å². The zero-order valence-electron chi connectivity index (χ0n) is 12.6. The number of likely N-dealkylation sites (N-methyl/N-ethyl adjacent to an activating group) is 1. The number of hydrogen-bond donors (Lipinski definition) is 1. The van der Waals surface area contributed by atoms with E-state index in [1.807, 2.05) is 7.05 Å². The lowest BCUT2D eigenvalue weighted by atomic mass is 10.1. The fraction of sp³-hybridized carbons (Fsp3) is 0.500. The number of carbonyl (C=O) groups is 1. The Labute approximate surface area is 137 Å².